The Morgan fingerprint density at radius 2 is 2.00 bits per heavy atom. The lowest BCUT2D eigenvalue weighted by molar-refractivity contribution is 0.568. The van der Waals surface area contributed by atoms with Gasteiger partial charge < -0.3 is 10.2 Å². The van der Waals surface area contributed by atoms with Crippen LogP contribution in [0.2, 0.25) is 0 Å². The molecule has 0 saturated carbocycles. The van der Waals surface area contributed by atoms with E-state index in [1.54, 1.807) is 0 Å². The molecule has 0 spiro atoms. The van der Waals surface area contributed by atoms with Crippen molar-refractivity contribution in [2.45, 2.75) is 32.6 Å². The minimum absolute atomic E-state index is 0.138. The van der Waals surface area contributed by atoms with Gasteiger partial charge in [-0.3, -0.25) is 4.98 Å². The van der Waals surface area contributed by atoms with Crippen molar-refractivity contribution in [1.82, 2.24) is 10.3 Å². The Morgan fingerprint density at radius 3 is 2.65 bits per heavy atom. The lowest BCUT2D eigenvalue weighted by Gasteiger charge is -2.23. The zero-order valence-corrected chi connectivity index (χ0v) is 11.2. The van der Waals surface area contributed by atoms with Crippen LogP contribution in [0.25, 0.3) is 0 Å². The fraction of sp³-hybridized carbons (Fsp3) is 0.643. The minimum Gasteiger partial charge on any atom is -0.369 e. The summed E-state index contributed by atoms with van der Waals surface area (Å²) >= 11 is 0. The van der Waals surface area contributed by atoms with Crippen LogP contribution in [0.15, 0.2) is 18.3 Å². The van der Waals surface area contributed by atoms with Crippen LogP contribution in [-0.4, -0.2) is 31.2 Å². The van der Waals surface area contributed by atoms with Crippen molar-refractivity contribution in [2.75, 3.05) is 31.1 Å². The van der Waals surface area contributed by atoms with Gasteiger partial charge in [-0.2, -0.15) is 0 Å². The minimum atomic E-state index is 0.138. The second kappa shape index (κ2) is 5.05. The Labute approximate surface area is 104 Å². The number of nitrogens with zero attached hydrogens (tertiary/aromatic N) is 2. The topological polar surface area (TPSA) is 28.2 Å². The molecule has 0 atom stereocenters. The van der Waals surface area contributed by atoms with E-state index in [0.717, 1.165) is 31.9 Å². The van der Waals surface area contributed by atoms with Crippen molar-refractivity contribution >= 4 is 5.69 Å². The summed E-state index contributed by atoms with van der Waals surface area (Å²) in [5.41, 5.74) is 2.55. The van der Waals surface area contributed by atoms with Crippen LogP contribution in [0.3, 0.4) is 0 Å². The van der Waals surface area contributed by atoms with Gasteiger partial charge in [-0.15, -0.1) is 0 Å². The largest absolute Gasteiger partial charge is 0.369 e. The Morgan fingerprint density at radius 1 is 1.18 bits per heavy atom. The third-order valence-electron chi connectivity index (χ3n) is 3.22. The second-order valence-electron chi connectivity index (χ2n) is 5.74. The number of hydrogen-bond acceptors (Lipinski definition) is 3. The molecule has 1 saturated heterocycles. The van der Waals surface area contributed by atoms with Crippen LogP contribution in [0.5, 0.6) is 0 Å². The molecule has 2 rings (SSSR count). The summed E-state index contributed by atoms with van der Waals surface area (Å²) in [6.07, 6.45) is 3.23. The number of aromatic nitrogens is 1. The maximum absolute atomic E-state index is 4.59. The van der Waals surface area contributed by atoms with Gasteiger partial charge in [-0.1, -0.05) is 20.8 Å². The summed E-state index contributed by atoms with van der Waals surface area (Å²) in [6.45, 7) is 11.0. The SMILES string of the molecule is CC(C)(C)c1ccc(N2CCCNCC2)cn1. The number of anilines is 1. The van der Waals surface area contributed by atoms with E-state index in [0.29, 0.717) is 0 Å². The molecule has 0 unspecified atom stereocenters. The first-order chi connectivity index (χ1) is 8.07. The maximum atomic E-state index is 4.59. The van der Waals surface area contributed by atoms with Crippen LogP contribution in [0.1, 0.15) is 32.9 Å². The van der Waals surface area contributed by atoms with Crippen LogP contribution in [0, 0.1) is 0 Å². The molecule has 0 bridgehead atoms. The average molecular weight is 233 g/mol. The molecule has 3 nitrogen and oxygen atoms in total. The molecule has 0 amide bonds. The van der Waals surface area contributed by atoms with Gasteiger partial charge in [0.2, 0.25) is 0 Å². The smallest absolute Gasteiger partial charge is 0.0553 e. The molecule has 2 heterocycles. The van der Waals surface area contributed by atoms with Gasteiger partial charge >= 0.3 is 0 Å². The van der Waals surface area contributed by atoms with Crippen molar-refractivity contribution in [1.29, 1.82) is 0 Å². The van der Waals surface area contributed by atoms with E-state index < -0.39 is 0 Å². The highest BCUT2D eigenvalue weighted by molar-refractivity contribution is 5.45. The lowest BCUT2D eigenvalue weighted by atomic mass is 9.92. The van der Waals surface area contributed by atoms with Crippen molar-refractivity contribution < 1.29 is 0 Å². The summed E-state index contributed by atoms with van der Waals surface area (Å²) in [4.78, 5) is 7.01. The van der Waals surface area contributed by atoms with E-state index in [-0.39, 0.29) is 5.41 Å². The van der Waals surface area contributed by atoms with Crippen molar-refractivity contribution in [3.63, 3.8) is 0 Å². The lowest BCUT2D eigenvalue weighted by Crippen LogP contribution is -2.28. The number of pyridine rings is 1. The Kier molecular flexibility index (Phi) is 3.67. The highest BCUT2D eigenvalue weighted by Crippen LogP contribution is 2.22. The van der Waals surface area contributed by atoms with Crippen molar-refractivity contribution in [3.8, 4) is 0 Å². The summed E-state index contributed by atoms with van der Waals surface area (Å²) < 4.78 is 0. The normalized spacial score (nSPS) is 17.9. The Balaban J connectivity index is 2.11. The molecule has 1 aliphatic heterocycles. The molecule has 1 aromatic rings. The highest BCUT2D eigenvalue weighted by Gasteiger charge is 2.16. The van der Waals surface area contributed by atoms with E-state index in [1.807, 2.05) is 6.20 Å². The predicted octanol–water partition coefficient (Wildman–Crippen LogP) is 2.18. The van der Waals surface area contributed by atoms with E-state index in [1.165, 1.54) is 12.1 Å². The molecule has 0 aliphatic carbocycles. The van der Waals surface area contributed by atoms with Crippen molar-refractivity contribution in [3.05, 3.63) is 24.0 Å². The first-order valence-electron chi connectivity index (χ1n) is 6.49. The molecule has 17 heavy (non-hydrogen) atoms. The highest BCUT2D eigenvalue weighted by atomic mass is 15.2. The molecular formula is C14H23N3. The first-order valence-corrected chi connectivity index (χ1v) is 6.49. The molecule has 1 N–H and O–H groups in total. The third-order valence-corrected chi connectivity index (χ3v) is 3.22. The summed E-state index contributed by atoms with van der Waals surface area (Å²) in [5.74, 6) is 0. The van der Waals surface area contributed by atoms with E-state index in [9.17, 15) is 0 Å². The average Bonchev–Trinajstić information content (AvgIpc) is 2.56. The van der Waals surface area contributed by atoms with Gasteiger partial charge in [0.1, 0.15) is 0 Å². The van der Waals surface area contributed by atoms with Gasteiger partial charge in [0.05, 0.1) is 11.9 Å². The summed E-state index contributed by atoms with van der Waals surface area (Å²) in [7, 11) is 0. The fourth-order valence-electron chi connectivity index (χ4n) is 2.12. The number of nitrogens with one attached hydrogen (secondary N) is 1. The number of hydrogen-bond donors (Lipinski definition) is 1. The van der Waals surface area contributed by atoms with E-state index in [2.05, 4.69) is 48.1 Å². The molecule has 0 radical (unpaired) electrons. The second-order valence-corrected chi connectivity index (χ2v) is 5.74. The van der Waals surface area contributed by atoms with Gasteiger partial charge in [0.15, 0.2) is 0 Å². The van der Waals surface area contributed by atoms with Crippen LogP contribution in [0.4, 0.5) is 5.69 Å². The quantitative estimate of drug-likeness (QED) is 0.806. The van der Waals surface area contributed by atoms with Crippen molar-refractivity contribution in [2.24, 2.45) is 0 Å². The predicted molar refractivity (Wildman–Crippen MR) is 72.6 cm³/mol. The maximum Gasteiger partial charge on any atom is 0.0553 e. The Bertz CT molecular complexity index is 343. The fourth-order valence-corrected chi connectivity index (χ4v) is 2.12. The summed E-state index contributed by atoms with van der Waals surface area (Å²) in [6, 6.07) is 4.37. The zero-order chi connectivity index (χ0) is 12.3. The summed E-state index contributed by atoms with van der Waals surface area (Å²) in [5, 5.41) is 3.42. The molecule has 1 fully saturated rings. The Hall–Kier alpha value is -1.09. The van der Waals surface area contributed by atoms with Crippen LogP contribution in [-0.2, 0) is 5.41 Å². The van der Waals surface area contributed by atoms with Gasteiger partial charge in [0.25, 0.3) is 0 Å². The van der Waals surface area contributed by atoms with E-state index in [4.69, 9.17) is 0 Å². The number of rotatable bonds is 1. The third kappa shape index (κ3) is 3.19. The van der Waals surface area contributed by atoms with E-state index >= 15 is 0 Å². The molecule has 1 aliphatic rings. The zero-order valence-electron chi connectivity index (χ0n) is 11.2. The van der Waals surface area contributed by atoms with Crippen LogP contribution < -0.4 is 10.2 Å². The van der Waals surface area contributed by atoms with Gasteiger partial charge in [-0.05, 0) is 25.1 Å². The molecule has 3 heteroatoms. The molecular weight excluding hydrogens is 210 g/mol. The molecule has 0 aromatic carbocycles. The van der Waals surface area contributed by atoms with Gasteiger partial charge in [-0.25, -0.2) is 0 Å². The monoisotopic (exact) mass is 233 g/mol. The van der Waals surface area contributed by atoms with Crippen LogP contribution >= 0.6 is 0 Å². The molecule has 94 valence electrons. The standard InChI is InChI=1S/C14H23N3/c1-14(2,3)13-6-5-12(11-16-13)17-9-4-7-15-8-10-17/h5-6,11,15H,4,7-10H2,1-3H3. The first kappa shape index (κ1) is 12.4. The molecule has 1 aromatic heterocycles. The van der Waals surface area contributed by atoms with Gasteiger partial charge in [0, 0.05) is 30.7 Å².